The minimum Gasteiger partial charge on any atom is -0.388 e. The first-order valence-corrected chi connectivity index (χ1v) is 8.74. The maximum atomic E-state index is 12.0. The molecule has 0 aliphatic carbocycles. The summed E-state index contributed by atoms with van der Waals surface area (Å²) < 4.78 is 11.2. The third-order valence-corrected chi connectivity index (χ3v) is 4.82. The van der Waals surface area contributed by atoms with E-state index >= 15 is 0 Å². The number of hydrogen-bond donors (Lipinski definition) is 3. The monoisotopic (exact) mass is 328 g/mol. The van der Waals surface area contributed by atoms with Crippen LogP contribution < -0.4 is 10.6 Å². The molecule has 0 saturated carbocycles. The number of carbonyl (C=O) groups is 1. The molecule has 0 aromatic heterocycles. The van der Waals surface area contributed by atoms with E-state index in [0.717, 1.165) is 19.4 Å². The third kappa shape index (κ3) is 5.62. The minimum absolute atomic E-state index is 0.0699. The van der Waals surface area contributed by atoms with Crippen LogP contribution in [0.4, 0.5) is 4.79 Å². The van der Waals surface area contributed by atoms with Gasteiger partial charge in [0.2, 0.25) is 0 Å². The smallest absolute Gasteiger partial charge is 0.314 e. The largest absolute Gasteiger partial charge is 0.388 e. The Labute approximate surface area is 139 Å². The third-order valence-electron chi connectivity index (χ3n) is 4.82. The van der Waals surface area contributed by atoms with Crippen LogP contribution in [0.2, 0.25) is 0 Å². The van der Waals surface area contributed by atoms with Crippen molar-refractivity contribution in [1.82, 2.24) is 10.6 Å². The molecule has 0 aromatic rings. The van der Waals surface area contributed by atoms with Gasteiger partial charge in [-0.15, -0.1) is 0 Å². The van der Waals surface area contributed by atoms with Gasteiger partial charge in [-0.3, -0.25) is 0 Å². The number of ether oxygens (including phenoxy) is 2. The van der Waals surface area contributed by atoms with E-state index in [0.29, 0.717) is 38.5 Å². The number of hydrogen-bond acceptors (Lipinski definition) is 4. The zero-order chi connectivity index (χ0) is 16.9. The molecule has 2 aliphatic rings. The Bertz CT molecular complexity index is 389. The SMILES string of the molecule is CC(C)(C)C1OCCCC1CNC(=O)NCC1(O)CCOCC1. The average molecular weight is 328 g/mol. The lowest BCUT2D eigenvalue weighted by Gasteiger charge is -2.40. The number of rotatable bonds is 4. The van der Waals surface area contributed by atoms with Crippen molar-refractivity contribution in [3.63, 3.8) is 0 Å². The first-order valence-electron chi connectivity index (χ1n) is 8.74. The normalized spacial score (nSPS) is 28.2. The lowest BCUT2D eigenvalue weighted by Crippen LogP contribution is -2.51. The zero-order valence-electron chi connectivity index (χ0n) is 14.7. The molecule has 134 valence electrons. The Kier molecular flexibility index (Phi) is 6.28. The Morgan fingerprint density at radius 2 is 1.91 bits per heavy atom. The summed E-state index contributed by atoms with van der Waals surface area (Å²) in [7, 11) is 0. The van der Waals surface area contributed by atoms with Crippen molar-refractivity contribution < 1.29 is 19.4 Å². The Morgan fingerprint density at radius 1 is 1.22 bits per heavy atom. The lowest BCUT2D eigenvalue weighted by molar-refractivity contribution is -0.0838. The topological polar surface area (TPSA) is 79.8 Å². The standard InChI is InChI=1S/C17H32N2O4/c1-16(2,3)14-13(5-4-8-23-14)11-18-15(20)19-12-17(21)6-9-22-10-7-17/h13-14,21H,4-12H2,1-3H3,(H2,18,19,20). The van der Waals surface area contributed by atoms with Gasteiger partial charge in [-0.1, -0.05) is 20.8 Å². The summed E-state index contributed by atoms with van der Waals surface area (Å²) >= 11 is 0. The van der Waals surface area contributed by atoms with E-state index in [2.05, 4.69) is 31.4 Å². The highest BCUT2D eigenvalue weighted by Gasteiger charge is 2.35. The van der Waals surface area contributed by atoms with Crippen molar-refractivity contribution in [3.8, 4) is 0 Å². The fourth-order valence-electron chi connectivity index (χ4n) is 3.47. The summed E-state index contributed by atoms with van der Waals surface area (Å²) in [5, 5.41) is 16.1. The molecule has 2 amide bonds. The molecule has 0 bridgehead atoms. The Balaban J connectivity index is 1.74. The second-order valence-electron chi connectivity index (χ2n) is 7.96. The van der Waals surface area contributed by atoms with Crippen molar-refractivity contribution in [2.75, 3.05) is 32.9 Å². The highest BCUT2D eigenvalue weighted by Crippen LogP contribution is 2.33. The van der Waals surface area contributed by atoms with Gasteiger partial charge in [0.15, 0.2) is 0 Å². The molecular formula is C17H32N2O4. The molecule has 2 saturated heterocycles. The minimum atomic E-state index is -0.836. The van der Waals surface area contributed by atoms with E-state index in [4.69, 9.17) is 9.47 Å². The quantitative estimate of drug-likeness (QED) is 0.733. The number of nitrogens with one attached hydrogen (secondary N) is 2. The van der Waals surface area contributed by atoms with E-state index in [9.17, 15) is 9.90 Å². The van der Waals surface area contributed by atoms with E-state index in [1.165, 1.54) is 0 Å². The molecule has 6 nitrogen and oxygen atoms in total. The molecule has 2 rings (SSSR count). The van der Waals surface area contributed by atoms with Gasteiger partial charge in [-0.25, -0.2) is 4.79 Å². The number of urea groups is 1. The highest BCUT2D eigenvalue weighted by atomic mass is 16.5. The molecule has 2 fully saturated rings. The average Bonchev–Trinajstić information content (AvgIpc) is 2.51. The zero-order valence-corrected chi connectivity index (χ0v) is 14.7. The Hall–Kier alpha value is -0.850. The second kappa shape index (κ2) is 7.81. The summed E-state index contributed by atoms with van der Waals surface area (Å²) in [6.45, 7) is 9.31. The number of aliphatic hydroxyl groups is 1. The van der Waals surface area contributed by atoms with Crippen LogP contribution in [0.25, 0.3) is 0 Å². The van der Waals surface area contributed by atoms with Crippen LogP contribution >= 0.6 is 0 Å². The van der Waals surface area contributed by atoms with E-state index < -0.39 is 5.60 Å². The van der Waals surface area contributed by atoms with Gasteiger partial charge in [-0.2, -0.15) is 0 Å². The van der Waals surface area contributed by atoms with Crippen molar-refractivity contribution >= 4 is 6.03 Å². The summed E-state index contributed by atoms with van der Waals surface area (Å²) in [6.07, 6.45) is 3.41. The van der Waals surface area contributed by atoms with Crippen LogP contribution in [-0.2, 0) is 9.47 Å². The molecule has 23 heavy (non-hydrogen) atoms. The van der Waals surface area contributed by atoms with Crippen LogP contribution in [0.15, 0.2) is 0 Å². The number of carbonyl (C=O) groups excluding carboxylic acids is 1. The van der Waals surface area contributed by atoms with Crippen molar-refractivity contribution in [1.29, 1.82) is 0 Å². The van der Waals surface area contributed by atoms with Crippen molar-refractivity contribution in [2.45, 2.75) is 58.2 Å². The van der Waals surface area contributed by atoms with Gasteiger partial charge in [0, 0.05) is 51.7 Å². The van der Waals surface area contributed by atoms with E-state index in [-0.39, 0.29) is 24.1 Å². The molecule has 0 aromatic carbocycles. The maximum Gasteiger partial charge on any atom is 0.314 e. The van der Waals surface area contributed by atoms with Crippen molar-refractivity contribution in [2.24, 2.45) is 11.3 Å². The first kappa shape index (κ1) is 18.5. The van der Waals surface area contributed by atoms with Gasteiger partial charge in [0.05, 0.1) is 11.7 Å². The predicted molar refractivity (Wildman–Crippen MR) is 88.3 cm³/mol. The second-order valence-corrected chi connectivity index (χ2v) is 7.96. The van der Waals surface area contributed by atoms with Crippen LogP contribution in [0.3, 0.4) is 0 Å². The molecule has 2 aliphatic heterocycles. The molecule has 6 heteroatoms. The van der Waals surface area contributed by atoms with Crippen LogP contribution in [0, 0.1) is 11.3 Å². The Morgan fingerprint density at radius 3 is 2.57 bits per heavy atom. The lowest BCUT2D eigenvalue weighted by atomic mass is 9.78. The summed E-state index contributed by atoms with van der Waals surface area (Å²) in [6, 6.07) is -0.219. The van der Waals surface area contributed by atoms with Crippen molar-refractivity contribution in [3.05, 3.63) is 0 Å². The molecular weight excluding hydrogens is 296 g/mol. The molecule has 2 heterocycles. The molecule has 0 spiro atoms. The van der Waals surface area contributed by atoms with E-state index in [1.54, 1.807) is 0 Å². The van der Waals surface area contributed by atoms with Crippen LogP contribution in [0.1, 0.15) is 46.5 Å². The van der Waals surface area contributed by atoms with Gasteiger partial charge in [0.25, 0.3) is 0 Å². The summed E-state index contributed by atoms with van der Waals surface area (Å²) in [5.41, 5.74) is -0.766. The molecule has 2 atom stereocenters. The first-order chi connectivity index (χ1) is 10.8. The number of amides is 2. The van der Waals surface area contributed by atoms with E-state index in [1.807, 2.05) is 0 Å². The highest BCUT2D eigenvalue weighted by molar-refractivity contribution is 5.73. The molecule has 0 radical (unpaired) electrons. The van der Waals surface area contributed by atoms with Gasteiger partial charge in [-0.05, 0) is 18.3 Å². The predicted octanol–water partition coefficient (Wildman–Crippen LogP) is 1.67. The summed E-state index contributed by atoms with van der Waals surface area (Å²) in [4.78, 5) is 12.0. The van der Waals surface area contributed by atoms with Gasteiger partial charge >= 0.3 is 6.03 Å². The molecule has 2 unspecified atom stereocenters. The molecule has 3 N–H and O–H groups in total. The van der Waals surface area contributed by atoms with Gasteiger partial charge in [0.1, 0.15) is 0 Å². The maximum absolute atomic E-state index is 12.0. The van der Waals surface area contributed by atoms with Gasteiger partial charge < -0.3 is 25.2 Å². The van der Waals surface area contributed by atoms with Crippen LogP contribution in [0.5, 0.6) is 0 Å². The fraction of sp³-hybridized carbons (Fsp3) is 0.941. The van der Waals surface area contributed by atoms with Crippen LogP contribution in [-0.4, -0.2) is 55.8 Å². The fourth-order valence-corrected chi connectivity index (χ4v) is 3.47. The summed E-state index contributed by atoms with van der Waals surface area (Å²) in [5.74, 6) is 0.334.